The minimum Gasteiger partial charge on any atom is -0.494 e. The average Bonchev–Trinajstić information content (AvgIpc) is 3.13. The van der Waals surface area contributed by atoms with Gasteiger partial charge in [0, 0.05) is 34.4 Å². The van der Waals surface area contributed by atoms with Crippen molar-refractivity contribution in [1.82, 2.24) is 19.2 Å². The zero-order chi connectivity index (χ0) is 20.4. The van der Waals surface area contributed by atoms with Crippen molar-refractivity contribution in [3.8, 4) is 11.4 Å². The maximum Gasteiger partial charge on any atom is 0.300 e. The van der Waals surface area contributed by atoms with Gasteiger partial charge in [0.05, 0.1) is 6.61 Å². The van der Waals surface area contributed by atoms with E-state index in [9.17, 15) is 9.18 Å². The van der Waals surface area contributed by atoms with Crippen molar-refractivity contribution in [3.63, 3.8) is 0 Å². The summed E-state index contributed by atoms with van der Waals surface area (Å²) in [7, 11) is 0. The highest BCUT2D eigenvalue weighted by Crippen LogP contribution is 2.27. The molecule has 0 unspecified atom stereocenters. The van der Waals surface area contributed by atoms with Crippen molar-refractivity contribution in [2.75, 3.05) is 6.61 Å². The Kier molecular flexibility index (Phi) is 5.55. The molecule has 2 aromatic carbocycles. The van der Waals surface area contributed by atoms with Gasteiger partial charge in [-0.25, -0.2) is 4.39 Å². The molecule has 0 aliphatic carbocycles. The van der Waals surface area contributed by atoms with E-state index in [1.807, 2.05) is 6.92 Å². The number of fused-ring (bicyclic) bond motifs is 1. The Balaban J connectivity index is 1.63. The van der Waals surface area contributed by atoms with Gasteiger partial charge in [-0.05, 0) is 43.3 Å². The second-order valence-electron chi connectivity index (χ2n) is 6.07. The highest BCUT2D eigenvalue weighted by molar-refractivity contribution is 7.98. The maximum atomic E-state index is 14.0. The number of benzene rings is 2. The Morgan fingerprint density at radius 3 is 2.66 bits per heavy atom. The summed E-state index contributed by atoms with van der Waals surface area (Å²) in [6.07, 6.45) is 3.35. The molecule has 0 saturated carbocycles. The van der Waals surface area contributed by atoms with Crippen molar-refractivity contribution < 1.29 is 9.13 Å². The number of rotatable bonds is 6. The molecular formula is C20H16ClFN4O2S. The van der Waals surface area contributed by atoms with Gasteiger partial charge in [0.25, 0.3) is 0 Å². The molecule has 2 aromatic heterocycles. The first-order valence-corrected chi connectivity index (χ1v) is 10.2. The van der Waals surface area contributed by atoms with Crippen LogP contribution in [0.5, 0.6) is 5.75 Å². The van der Waals surface area contributed by atoms with Crippen LogP contribution >= 0.6 is 23.4 Å². The first-order chi connectivity index (χ1) is 14.1. The molecule has 0 fully saturated rings. The van der Waals surface area contributed by atoms with Crippen molar-refractivity contribution >= 4 is 29.0 Å². The van der Waals surface area contributed by atoms with Crippen LogP contribution in [0.1, 0.15) is 12.5 Å². The summed E-state index contributed by atoms with van der Waals surface area (Å²) in [6, 6.07) is 11.8. The van der Waals surface area contributed by atoms with Crippen LogP contribution < -0.4 is 10.3 Å². The molecule has 4 rings (SSSR count). The predicted octanol–water partition coefficient (Wildman–Crippen LogP) is 4.36. The van der Waals surface area contributed by atoms with Crippen LogP contribution in [0.15, 0.2) is 64.8 Å². The third-order valence-electron chi connectivity index (χ3n) is 4.27. The molecule has 0 aliphatic rings. The van der Waals surface area contributed by atoms with Crippen molar-refractivity contribution in [2.24, 2.45) is 0 Å². The quantitative estimate of drug-likeness (QED) is 0.425. The summed E-state index contributed by atoms with van der Waals surface area (Å²) in [5.74, 6) is 0.629. The number of aromatic nitrogens is 4. The molecule has 0 amide bonds. The number of hydrogen-bond acceptors (Lipinski definition) is 5. The van der Waals surface area contributed by atoms with Gasteiger partial charge in [0.1, 0.15) is 11.6 Å². The van der Waals surface area contributed by atoms with E-state index in [2.05, 4.69) is 10.2 Å². The largest absolute Gasteiger partial charge is 0.494 e. The van der Waals surface area contributed by atoms with Crippen molar-refractivity contribution in [1.29, 1.82) is 0 Å². The van der Waals surface area contributed by atoms with Gasteiger partial charge < -0.3 is 4.74 Å². The Labute approximate surface area is 174 Å². The number of thioether (sulfide) groups is 1. The Bertz CT molecular complexity index is 1200. The third kappa shape index (κ3) is 3.86. The smallest absolute Gasteiger partial charge is 0.300 e. The van der Waals surface area contributed by atoms with Gasteiger partial charge >= 0.3 is 5.56 Å². The zero-order valence-corrected chi connectivity index (χ0v) is 17.0. The molecular weight excluding hydrogens is 415 g/mol. The van der Waals surface area contributed by atoms with E-state index in [-0.39, 0.29) is 22.8 Å². The topological polar surface area (TPSA) is 61.4 Å². The molecule has 0 atom stereocenters. The maximum absolute atomic E-state index is 14.0. The SMILES string of the molecule is CCOc1ccc(-n2ccn3c(SCc4c(F)cccc4Cl)nnc3c2=O)cc1. The fourth-order valence-electron chi connectivity index (χ4n) is 2.84. The standard InChI is InChI=1S/C20H16ClFN4O2S/c1-2-28-14-8-6-13(7-9-14)25-10-11-26-18(19(25)27)23-24-20(26)29-12-15-16(21)4-3-5-17(15)22/h3-11H,2,12H2,1H3. The number of halogens is 2. The lowest BCUT2D eigenvalue weighted by Crippen LogP contribution is -2.20. The van der Waals surface area contributed by atoms with Gasteiger partial charge in [0.15, 0.2) is 5.16 Å². The molecule has 4 aromatic rings. The van der Waals surface area contributed by atoms with Gasteiger partial charge in [0.2, 0.25) is 5.65 Å². The monoisotopic (exact) mass is 430 g/mol. The van der Waals surface area contributed by atoms with Crippen LogP contribution in [0.25, 0.3) is 11.3 Å². The van der Waals surface area contributed by atoms with E-state index in [0.717, 1.165) is 5.75 Å². The summed E-state index contributed by atoms with van der Waals surface area (Å²) >= 11 is 7.33. The number of nitrogens with zero attached hydrogens (tertiary/aromatic N) is 4. The fourth-order valence-corrected chi connectivity index (χ4v) is 4.11. The molecule has 0 spiro atoms. The lowest BCUT2D eigenvalue weighted by molar-refractivity contribution is 0.340. The van der Waals surface area contributed by atoms with Crippen molar-refractivity contribution in [2.45, 2.75) is 17.8 Å². The van der Waals surface area contributed by atoms with Crippen LogP contribution in [0.3, 0.4) is 0 Å². The summed E-state index contributed by atoms with van der Waals surface area (Å²) in [5, 5.41) is 8.93. The van der Waals surface area contributed by atoms with Crippen LogP contribution in [-0.4, -0.2) is 25.8 Å². The second kappa shape index (κ2) is 8.26. The number of hydrogen-bond donors (Lipinski definition) is 0. The zero-order valence-electron chi connectivity index (χ0n) is 15.4. The average molecular weight is 431 g/mol. The van der Waals surface area contributed by atoms with Crippen molar-refractivity contribution in [3.05, 3.63) is 81.6 Å². The minimum absolute atomic E-state index is 0.184. The van der Waals surface area contributed by atoms with Gasteiger partial charge in [-0.1, -0.05) is 29.4 Å². The molecule has 9 heteroatoms. The van der Waals surface area contributed by atoms with Crippen LogP contribution in [-0.2, 0) is 5.75 Å². The molecule has 0 bridgehead atoms. The Morgan fingerprint density at radius 2 is 1.93 bits per heavy atom. The number of ether oxygens (including phenoxy) is 1. The molecule has 6 nitrogen and oxygen atoms in total. The predicted molar refractivity (Wildman–Crippen MR) is 111 cm³/mol. The lowest BCUT2D eigenvalue weighted by atomic mass is 10.2. The van der Waals surface area contributed by atoms with E-state index in [4.69, 9.17) is 16.3 Å². The lowest BCUT2D eigenvalue weighted by Gasteiger charge is -2.08. The molecule has 0 aliphatic heterocycles. The third-order valence-corrected chi connectivity index (χ3v) is 5.60. The first-order valence-electron chi connectivity index (χ1n) is 8.84. The van der Waals surface area contributed by atoms with E-state index < -0.39 is 0 Å². The van der Waals surface area contributed by atoms with E-state index in [0.29, 0.717) is 28.0 Å². The summed E-state index contributed by atoms with van der Waals surface area (Å²) < 4.78 is 22.5. The van der Waals surface area contributed by atoms with Crippen LogP contribution in [0, 0.1) is 5.82 Å². The summed E-state index contributed by atoms with van der Waals surface area (Å²) in [4.78, 5) is 12.9. The molecule has 148 valence electrons. The Hall–Kier alpha value is -2.84. The minimum atomic E-state index is -0.378. The van der Waals surface area contributed by atoms with Crippen LogP contribution in [0.2, 0.25) is 5.02 Å². The van der Waals surface area contributed by atoms with Crippen LogP contribution in [0.4, 0.5) is 4.39 Å². The van der Waals surface area contributed by atoms with Gasteiger partial charge in [-0.2, -0.15) is 0 Å². The highest BCUT2D eigenvalue weighted by atomic mass is 35.5. The van der Waals surface area contributed by atoms with E-state index >= 15 is 0 Å². The van der Waals surface area contributed by atoms with Gasteiger partial charge in [-0.15, -0.1) is 10.2 Å². The van der Waals surface area contributed by atoms with E-state index in [1.54, 1.807) is 53.2 Å². The second-order valence-corrected chi connectivity index (χ2v) is 7.41. The first kappa shape index (κ1) is 19.5. The molecule has 0 saturated heterocycles. The van der Waals surface area contributed by atoms with Gasteiger partial charge in [-0.3, -0.25) is 13.8 Å². The Morgan fingerprint density at radius 1 is 1.14 bits per heavy atom. The normalized spacial score (nSPS) is 11.1. The van der Waals surface area contributed by atoms with E-state index in [1.165, 1.54) is 22.4 Å². The summed E-state index contributed by atoms with van der Waals surface area (Å²) in [5.41, 5.74) is 0.957. The molecule has 0 radical (unpaired) electrons. The highest BCUT2D eigenvalue weighted by Gasteiger charge is 2.14. The fraction of sp³-hybridized carbons (Fsp3) is 0.150. The molecule has 29 heavy (non-hydrogen) atoms. The summed E-state index contributed by atoms with van der Waals surface area (Å²) in [6.45, 7) is 2.48. The molecule has 0 N–H and O–H groups in total. The molecule has 2 heterocycles.